The van der Waals surface area contributed by atoms with E-state index in [1.54, 1.807) is 0 Å². The van der Waals surface area contributed by atoms with Crippen LogP contribution in [-0.2, 0) is 4.79 Å². The number of urea groups is 1. The summed E-state index contributed by atoms with van der Waals surface area (Å²) in [5, 5.41) is 7.73. The summed E-state index contributed by atoms with van der Waals surface area (Å²) >= 11 is 1.24. The third kappa shape index (κ3) is 7.54. The number of benzene rings is 3. The van der Waals surface area contributed by atoms with Crippen LogP contribution in [0.4, 0.5) is 23.7 Å². The lowest BCUT2D eigenvalue weighted by Gasteiger charge is -2.23. The van der Waals surface area contributed by atoms with E-state index >= 15 is 0 Å². The van der Waals surface area contributed by atoms with E-state index in [2.05, 4.69) is 39.0 Å². The molecule has 3 amide bonds. The van der Waals surface area contributed by atoms with Crippen molar-refractivity contribution < 1.29 is 27.5 Å². The molecule has 0 bridgehead atoms. The summed E-state index contributed by atoms with van der Waals surface area (Å²) in [6.07, 6.45) is -3.29. The van der Waals surface area contributed by atoms with E-state index in [4.69, 9.17) is 0 Å². The molecule has 1 aliphatic heterocycles. The van der Waals surface area contributed by atoms with Crippen molar-refractivity contribution in [1.29, 1.82) is 0 Å². The van der Waals surface area contributed by atoms with E-state index < -0.39 is 12.4 Å². The number of hydrogen-bond donors (Lipinski definition) is 1. The predicted molar refractivity (Wildman–Crippen MR) is 168 cm³/mol. The Kier molecular flexibility index (Phi) is 9.28. The maximum Gasteiger partial charge on any atom is 0.573 e. The summed E-state index contributed by atoms with van der Waals surface area (Å²) in [5.41, 5.74) is 3.98. The zero-order valence-corrected chi connectivity index (χ0v) is 25.8. The average Bonchev–Trinajstić information content (AvgIpc) is 3.63. The maximum absolute atomic E-state index is 13.0. The molecule has 1 aromatic heterocycles. The molecule has 0 aliphatic carbocycles. The van der Waals surface area contributed by atoms with Crippen LogP contribution in [0, 0.1) is 0 Å². The lowest BCUT2D eigenvalue weighted by Crippen LogP contribution is -2.36. The fourth-order valence-corrected chi connectivity index (χ4v) is 5.70. The number of halogens is 3. The number of alkyl halides is 3. The van der Waals surface area contributed by atoms with Crippen molar-refractivity contribution in [2.24, 2.45) is 4.99 Å². The summed E-state index contributed by atoms with van der Waals surface area (Å²) in [6, 6.07) is 19.8. The molecule has 0 saturated carbocycles. The Labute approximate surface area is 262 Å². The van der Waals surface area contributed by atoms with Gasteiger partial charge in [0.25, 0.3) is 0 Å². The summed E-state index contributed by atoms with van der Waals surface area (Å²) < 4.78 is 42.7. The number of amidine groups is 1. The second-order valence-corrected chi connectivity index (χ2v) is 11.8. The molecule has 2 unspecified atom stereocenters. The largest absolute Gasteiger partial charge is 0.573 e. The van der Waals surface area contributed by atoms with Gasteiger partial charge in [-0.25, -0.2) is 14.5 Å². The number of ether oxygens (including phenoxy) is 1. The molecule has 1 aliphatic rings. The number of thioether (sulfide) groups is 1. The standard InChI is InChI=1S/C32H31F3N6O3S/c1-19(2)26-7-5-6-8-27(26)41-28(42)17-45-31(41)38-30(43)37-21(4)20(3)22-9-11-23(12-10-22)29-36-18-40(39-29)24-13-15-25(16-14-24)44-32(33,34)35/h5-16,18-21H,17H2,1-4H3,(H,37,43)/b38-31-. The van der Waals surface area contributed by atoms with Crippen molar-refractivity contribution in [2.75, 3.05) is 10.7 Å². The predicted octanol–water partition coefficient (Wildman–Crippen LogP) is 7.29. The van der Waals surface area contributed by atoms with E-state index in [9.17, 15) is 22.8 Å². The number of aliphatic imine (C=N–C) groups is 1. The van der Waals surface area contributed by atoms with E-state index in [1.165, 1.54) is 51.9 Å². The number of carbonyl (C=O) groups is 2. The van der Waals surface area contributed by atoms with Crippen molar-refractivity contribution in [1.82, 2.24) is 20.1 Å². The van der Waals surface area contributed by atoms with Crippen LogP contribution >= 0.6 is 11.8 Å². The molecule has 1 fully saturated rings. The number of para-hydroxylation sites is 1. The van der Waals surface area contributed by atoms with Gasteiger partial charge in [0.05, 0.1) is 17.1 Å². The molecule has 13 heteroatoms. The second-order valence-electron chi connectivity index (χ2n) is 10.8. The molecule has 2 atom stereocenters. The van der Waals surface area contributed by atoms with E-state index in [0.717, 1.165) is 22.4 Å². The minimum Gasteiger partial charge on any atom is -0.406 e. The zero-order valence-electron chi connectivity index (χ0n) is 24.9. The maximum atomic E-state index is 13.0. The summed E-state index contributed by atoms with van der Waals surface area (Å²) in [6.45, 7) is 7.99. The number of anilines is 1. The minimum absolute atomic E-state index is 0.0678. The van der Waals surface area contributed by atoms with E-state index in [1.807, 2.05) is 62.4 Å². The molecular formula is C32H31F3N6O3S. The first kappa shape index (κ1) is 31.8. The number of aromatic nitrogens is 3. The van der Waals surface area contributed by atoms with Gasteiger partial charge >= 0.3 is 12.4 Å². The molecule has 9 nitrogen and oxygen atoms in total. The van der Waals surface area contributed by atoms with Gasteiger partial charge in [0.1, 0.15) is 12.1 Å². The fraction of sp³-hybridized carbons (Fsp3) is 0.281. The monoisotopic (exact) mass is 636 g/mol. The van der Waals surface area contributed by atoms with Crippen molar-refractivity contribution in [3.63, 3.8) is 0 Å². The fourth-order valence-electron chi connectivity index (χ4n) is 4.84. The van der Waals surface area contributed by atoms with Crippen LogP contribution in [0.15, 0.2) is 84.1 Å². The summed E-state index contributed by atoms with van der Waals surface area (Å²) in [7, 11) is 0. The molecule has 4 aromatic rings. The van der Waals surface area contributed by atoms with Crippen LogP contribution < -0.4 is 15.0 Å². The van der Waals surface area contributed by atoms with Gasteiger partial charge in [0.15, 0.2) is 11.0 Å². The first-order chi connectivity index (χ1) is 21.4. The number of amides is 3. The number of carbonyl (C=O) groups excluding carboxylic acids is 2. The lowest BCUT2D eigenvalue weighted by atomic mass is 9.93. The second kappa shape index (κ2) is 13.1. The highest BCUT2D eigenvalue weighted by Gasteiger charge is 2.33. The van der Waals surface area contributed by atoms with Crippen molar-refractivity contribution in [2.45, 2.75) is 51.9 Å². The molecule has 5 rings (SSSR count). The Morgan fingerprint density at radius 3 is 2.36 bits per heavy atom. The highest BCUT2D eigenvalue weighted by Crippen LogP contribution is 2.33. The van der Waals surface area contributed by atoms with Gasteiger partial charge in [0.2, 0.25) is 5.91 Å². The van der Waals surface area contributed by atoms with Gasteiger partial charge in [-0.3, -0.25) is 9.69 Å². The molecule has 3 aromatic carbocycles. The molecule has 0 spiro atoms. The van der Waals surface area contributed by atoms with Gasteiger partial charge in [-0.1, -0.05) is 75.0 Å². The molecule has 1 saturated heterocycles. The SMILES string of the molecule is CC(C)c1ccccc1N1C(=O)CS/C1=N\C(=O)NC(C)C(C)c1ccc(-c2ncn(-c3ccc(OC(F)(F)F)cc3)n2)cc1. The quantitative estimate of drug-likeness (QED) is 0.218. The van der Waals surface area contributed by atoms with Crippen LogP contribution in [0.3, 0.4) is 0 Å². The van der Waals surface area contributed by atoms with Gasteiger partial charge in [-0.05, 0) is 54.3 Å². The van der Waals surface area contributed by atoms with E-state index in [-0.39, 0.29) is 35.3 Å². The number of nitrogens with one attached hydrogen (secondary N) is 1. The van der Waals surface area contributed by atoms with Crippen LogP contribution in [0.5, 0.6) is 5.75 Å². The average molecular weight is 637 g/mol. The minimum atomic E-state index is -4.76. The third-order valence-electron chi connectivity index (χ3n) is 7.38. The van der Waals surface area contributed by atoms with Gasteiger partial charge in [-0.2, -0.15) is 4.99 Å². The Hall–Kier alpha value is -4.65. The Morgan fingerprint density at radius 1 is 1.00 bits per heavy atom. The highest BCUT2D eigenvalue weighted by atomic mass is 32.2. The number of nitrogens with zero attached hydrogens (tertiary/aromatic N) is 5. The van der Waals surface area contributed by atoms with Crippen LogP contribution in [0.2, 0.25) is 0 Å². The van der Waals surface area contributed by atoms with Crippen molar-refractivity contribution >= 4 is 34.6 Å². The lowest BCUT2D eigenvalue weighted by molar-refractivity contribution is -0.274. The van der Waals surface area contributed by atoms with Crippen LogP contribution in [0.25, 0.3) is 17.1 Å². The van der Waals surface area contributed by atoms with Gasteiger partial charge in [-0.15, -0.1) is 18.3 Å². The number of hydrogen-bond acceptors (Lipinski definition) is 6. The summed E-state index contributed by atoms with van der Waals surface area (Å²) in [5.74, 6) is 0.338. The Balaban J connectivity index is 1.23. The normalized spacial score (nSPS) is 15.9. The Bertz CT molecular complexity index is 1700. The summed E-state index contributed by atoms with van der Waals surface area (Å²) in [4.78, 5) is 35.8. The van der Waals surface area contributed by atoms with Gasteiger partial charge < -0.3 is 10.1 Å². The highest BCUT2D eigenvalue weighted by molar-refractivity contribution is 8.15. The first-order valence-corrected chi connectivity index (χ1v) is 15.2. The van der Waals surface area contributed by atoms with Crippen LogP contribution in [-0.4, -0.2) is 50.0 Å². The van der Waals surface area contributed by atoms with E-state index in [0.29, 0.717) is 16.7 Å². The number of rotatable bonds is 8. The zero-order chi connectivity index (χ0) is 32.3. The molecule has 45 heavy (non-hydrogen) atoms. The third-order valence-corrected chi connectivity index (χ3v) is 8.31. The van der Waals surface area contributed by atoms with Gasteiger partial charge in [0, 0.05) is 17.5 Å². The van der Waals surface area contributed by atoms with Crippen molar-refractivity contribution in [3.8, 4) is 22.8 Å². The molecule has 2 heterocycles. The molecule has 1 N–H and O–H groups in total. The van der Waals surface area contributed by atoms with Crippen molar-refractivity contribution in [3.05, 3.63) is 90.3 Å². The molecular weight excluding hydrogens is 605 g/mol. The topological polar surface area (TPSA) is 102 Å². The Morgan fingerprint density at radius 2 is 1.69 bits per heavy atom. The van der Waals surface area contributed by atoms with Crippen LogP contribution in [0.1, 0.15) is 50.7 Å². The molecule has 0 radical (unpaired) electrons. The smallest absolute Gasteiger partial charge is 0.406 e. The first-order valence-electron chi connectivity index (χ1n) is 14.2. The molecule has 234 valence electrons.